The second-order valence-corrected chi connectivity index (χ2v) is 5.54. The Balaban J connectivity index is 2.46. The molecule has 1 saturated heterocycles. The summed E-state index contributed by atoms with van der Waals surface area (Å²) in [7, 11) is 2.73. The highest BCUT2D eigenvalue weighted by Crippen LogP contribution is 2.33. The molecule has 0 saturated carbocycles. The number of rotatable bonds is 8. The van der Waals surface area contributed by atoms with Crippen molar-refractivity contribution in [3.63, 3.8) is 0 Å². The van der Waals surface area contributed by atoms with Gasteiger partial charge in [0.1, 0.15) is 0 Å². The Bertz CT molecular complexity index is 589. The number of amides is 2. The van der Waals surface area contributed by atoms with Crippen LogP contribution in [0.3, 0.4) is 0 Å². The van der Waals surface area contributed by atoms with E-state index in [9.17, 15) is 9.59 Å². The van der Waals surface area contributed by atoms with Crippen LogP contribution in [0.15, 0.2) is 36.2 Å². The van der Waals surface area contributed by atoms with Crippen LogP contribution in [-0.2, 0) is 19.3 Å². The van der Waals surface area contributed by atoms with Crippen molar-refractivity contribution in [2.24, 2.45) is 0 Å². The van der Waals surface area contributed by atoms with Gasteiger partial charge in [-0.05, 0) is 18.4 Å². The quantitative estimate of drug-likeness (QED) is 0.542. The monoisotopic (exact) mass is 332 g/mol. The lowest BCUT2D eigenvalue weighted by atomic mass is 9.99. The van der Waals surface area contributed by atoms with Crippen LogP contribution >= 0.6 is 0 Å². The molecule has 1 aliphatic heterocycles. The summed E-state index contributed by atoms with van der Waals surface area (Å²) in [6, 6.07) is 9.69. The van der Waals surface area contributed by atoms with Gasteiger partial charge in [-0.1, -0.05) is 56.5 Å². The molecule has 1 aliphatic rings. The minimum Gasteiger partial charge on any atom is -0.267 e. The van der Waals surface area contributed by atoms with Gasteiger partial charge in [-0.15, -0.1) is 0 Å². The molecule has 0 unspecified atom stereocenters. The average molecular weight is 332 g/mol. The second-order valence-electron chi connectivity index (χ2n) is 5.54. The van der Waals surface area contributed by atoms with E-state index < -0.39 is 11.8 Å². The number of carbonyl (C=O) groups is 2. The third-order valence-electron chi connectivity index (χ3n) is 3.97. The van der Waals surface area contributed by atoms with Crippen LogP contribution in [0.2, 0.25) is 0 Å². The van der Waals surface area contributed by atoms with E-state index in [-0.39, 0.29) is 0 Å². The van der Waals surface area contributed by atoms with Crippen molar-refractivity contribution in [2.45, 2.75) is 39.0 Å². The normalized spacial score (nSPS) is 14.7. The molecule has 0 aliphatic carbocycles. The molecule has 1 fully saturated rings. The largest absolute Gasteiger partial charge is 0.344 e. The maximum atomic E-state index is 12.1. The number of carbonyl (C=O) groups excluding carboxylic acids is 2. The van der Waals surface area contributed by atoms with Crippen LogP contribution in [-0.4, -0.2) is 36.2 Å². The first-order chi connectivity index (χ1) is 11.7. The first-order valence-electron chi connectivity index (χ1n) is 8.21. The maximum Gasteiger partial charge on any atom is 0.344 e. The van der Waals surface area contributed by atoms with E-state index in [0.717, 1.165) is 53.4 Å². The molecule has 0 bridgehead atoms. The van der Waals surface area contributed by atoms with Crippen LogP contribution in [0.1, 0.15) is 44.6 Å². The number of nitrogens with zero attached hydrogens (tertiary/aromatic N) is 2. The number of allylic oxidation sites excluding steroid dienone is 1. The van der Waals surface area contributed by atoms with Crippen molar-refractivity contribution < 1.29 is 19.3 Å². The Hall–Kier alpha value is -2.18. The number of hydrogen-bond donors (Lipinski definition) is 0. The molecule has 1 aromatic carbocycles. The molecule has 130 valence electrons. The second kappa shape index (κ2) is 8.61. The summed E-state index contributed by atoms with van der Waals surface area (Å²) >= 11 is 0. The molecule has 1 heterocycles. The molecule has 6 nitrogen and oxygen atoms in total. The Morgan fingerprint density at radius 1 is 0.917 bits per heavy atom. The number of unbranched alkanes of at least 4 members (excludes halogenated alkanes) is 3. The molecule has 24 heavy (non-hydrogen) atoms. The van der Waals surface area contributed by atoms with E-state index in [1.54, 1.807) is 0 Å². The Labute approximate surface area is 142 Å². The number of benzene rings is 1. The van der Waals surface area contributed by atoms with Crippen molar-refractivity contribution in [3.8, 4) is 0 Å². The highest BCUT2D eigenvalue weighted by molar-refractivity contribution is 6.37. The maximum absolute atomic E-state index is 12.1. The first-order valence-corrected chi connectivity index (χ1v) is 8.21. The fraction of sp³-hybridized carbons (Fsp3) is 0.444. The molecule has 0 N–H and O–H groups in total. The summed E-state index contributed by atoms with van der Waals surface area (Å²) < 4.78 is 0. The minimum absolute atomic E-state index is 0.345. The number of hydrogen-bond acceptors (Lipinski definition) is 4. The molecule has 2 rings (SSSR count). The van der Waals surface area contributed by atoms with Crippen LogP contribution in [0.25, 0.3) is 5.57 Å². The van der Waals surface area contributed by atoms with Crippen LogP contribution in [0.5, 0.6) is 0 Å². The minimum atomic E-state index is -0.753. The van der Waals surface area contributed by atoms with Crippen molar-refractivity contribution in [2.75, 3.05) is 14.2 Å². The van der Waals surface area contributed by atoms with Crippen molar-refractivity contribution in [3.05, 3.63) is 41.7 Å². The molecule has 0 aromatic heterocycles. The van der Waals surface area contributed by atoms with Gasteiger partial charge in [-0.25, -0.2) is 0 Å². The van der Waals surface area contributed by atoms with Gasteiger partial charge >= 0.3 is 11.8 Å². The van der Waals surface area contributed by atoms with Crippen LogP contribution < -0.4 is 0 Å². The zero-order valence-electron chi connectivity index (χ0n) is 14.4. The SMILES string of the molecule is CCCCCCC(=C1N(OC)C(=O)C(=O)N1OC)c1ccccc1. The van der Waals surface area contributed by atoms with Crippen molar-refractivity contribution in [1.82, 2.24) is 10.1 Å². The fourth-order valence-corrected chi connectivity index (χ4v) is 2.79. The van der Waals surface area contributed by atoms with Gasteiger partial charge < -0.3 is 0 Å². The lowest BCUT2D eigenvalue weighted by molar-refractivity contribution is -0.164. The predicted molar refractivity (Wildman–Crippen MR) is 89.8 cm³/mol. The summed E-state index contributed by atoms with van der Waals surface area (Å²) in [4.78, 5) is 34.6. The molecule has 0 atom stereocenters. The zero-order chi connectivity index (χ0) is 17.5. The summed E-state index contributed by atoms with van der Waals surface area (Å²) in [6.07, 6.45) is 5.06. The fourth-order valence-electron chi connectivity index (χ4n) is 2.79. The topological polar surface area (TPSA) is 59.1 Å². The van der Waals surface area contributed by atoms with E-state index in [4.69, 9.17) is 9.68 Å². The molecule has 0 radical (unpaired) electrons. The average Bonchev–Trinajstić information content (AvgIpc) is 2.86. The van der Waals surface area contributed by atoms with Gasteiger partial charge in [-0.3, -0.25) is 19.3 Å². The van der Waals surface area contributed by atoms with Gasteiger partial charge in [0.2, 0.25) is 0 Å². The molecule has 0 spiro atoms. The summed E-state index contributed by atoms with van der Waals surface area (Å²) in [5.74, 6) is -1.16. The molecular formula is C18H24N2O4. The van der Waals surface area contributed by atoms with E-state index >= 15 is 0 Å². The lowest BCUT2D eigenvalue weighted by Gasteiger charge is -2.22. The van der Waals surface area contributed by atoms with E-state index in [1.165, 1.54) is 14.2 Å². The van der Waals surface area contributed by atoms with Crippen molar-refractivity contribution in [1.29, 1.82) is 0 Å². The standard InChI is InChI=1S/C18H24N2O4/c1-4-5-6-10-13-15(14-11-8-7-9-12-14)16-19(23-2)17(21)18(22)20(16)24-3/h7-9,11-12H,4-6,10,13H2,1-3H3. The van der Waals surface area contributed by atoms with E-state index in [2.05, 4.69) is 6.92 Å². The number of hydroxylamine groups is 4. The molecular weight excluding hydrogens is 308 g/mol. The third kappa shape index (κ3) is 3.66. The van der Waals surface area contributed by atoms with E-state index in [0.29, 0.717) is 5.82 Å². The molecule has 1 aromatic rings. The van der Waals surface area contributed by atoms with Gasteiger partial charge in [0.25, 0.3) is 0 Å². The lowest BCUT2D eigenvalue weighted by Crippen LogP contribution is -2.26. The van der Waals surface area contributed by atoms with Crippen molar-refractivity contribution >= 4 is 17.4 Å². The summed E-state index contributed by atoms with van der Waals surface area (Å²) in [5.41, 5.74) is 1.80. The summed E-state index contributed by atoms with van der Waals surface area (Å²) in [5, 5.41) is 2.02. The van der Waals surface area contributed by atoms with Gasteiger partial charge in [0.05, 0.1) is 14.2 Å². The smallest absolute Gasteiger partial charge is 0.267 e. The van der Waals surface area contributed by atoms with Gasteiger partial charge in [-0.2, -0.15) is 10.1 Å². The van der Waals surface area contributed by atoms with Crippen LogP contribution in [0, 0.1) is 0 Å². The zero-order valence-corrected chi connectivity index (χ0v) is 14.4. The Morgan fingerprint density at radius 3 is 2.00 bits per heavy atom. The Kier molecular flexibility index (Phi) is 6.52. The highest BCUT2D eigenvalue weighted by atomic mass is 16.7. The van der Waals surface area contributed by atoms with Gasteiger partial charge in [0, 0.05) is 5.57 Å². The van der Waals surface area contributed by atoms with Crippen LogP contribution in [0.4, 0.5) is 0 Å². The van der Waals surface area contributed by atoms with E-state index in [1.807, 2.05) is 30.3 Å². The predicted octanol–water partition coefficient (Wildman–Crippen LogP) is 3.12. The summed E-state index contributed by atoms with van der Waals surface area (Å²) in [6.45, 7) is 2.16. The first kappa shape index (κ1) is 18.2. The Morgan fingerprint density at radius 2 is 1.50 bits per heavy atom. The third-order valence-corrected chi connectivity index (χ3v) is 3.97. The molecule has 2 amide bonds. The van der Waals surface area contributed by atoms with Gasteiger partial charge in [0.15, 0.2) is 5.82 Å². The highest BCUT2D eigenvalue weighted by Gasteiger charge is 2.44. The molecule has 6 heteroatoms.